The van der Waals surface area contributed by atoms with E-state index in [-0.39, 0.29) is 23.7 Å². The van der Waals surface area contributed by atoms with Crippen LogP contribution < -0.4 is 16.0 Å². The highest BCUT2D eigenvalue weighted by molar-refractivity contribution is 5.80. The fraction of sp³-hybridized carbons (Fsp3) is 0.579. The van der Waals surface area contributed by atoms with Gasteiger partial charge >= 0.3 is 0 Å². The monoisotopic (exact) mass is 348 g/mol. The molecular weight excluding hydrogens is 319 g/mol. The maximum Gasteiger partial charge on any atom is 0.223 e. The molecule has 1 amide bonds. The van der Waals surface area contributed by atoms with Gasteiger partial charge in [0, 0.05) is 26.1 Å². The number of carbonyl (C=O) groups is 1. The van der Waals surface area contributed by atoms with E-state index in [1.807, 2.05) is 13.0 Å². The molecule has 1 aromatic rings. The Morgan fingerprint density at radius 2 is 2.04 bits per heavy atom. The number of aryl methyl sites for hydroxylation is 1. The highest BCUT2D eigenvalue weighted by atomic mass is 19.1. The number of hydrogen-bond donors (Lipinski definition) is 3. The lowest BCUT2D eigenvalue weighted by Gasteiger charge is -2.24. The summed E-state index contributed by atoms with van der Waals surface area (Å²) in [5.74, 6) is 0.886. The Kier molecular flexibility index (Phi) is 7.22. The Hall–Kier alpha value is -2.11. The number of hydrogen-bond acceptors (Lipinski definition) is 2. The van der Waals surface area contributed by atoms with E-state index in [1.54, 1.807) is 26.1 Å². The molecule has 0 saturated heterocycles. The molecule has 1 fully saturated rings. The van der Waals surface area contributed by atoms with Crippen molar-refractivity contribution in [3.8, 4) is 0 Å². The van der Waals surface area contributed by atoms with Crippen LogP contribution in [0.3, 0.4) is 0 Å². The topological polar surface area (TPSA) is 65.5 Å². The zero-order chi connectivity index (χ0) is 18.2. The molecule has 0 bridgehead atoms. The van der Waals surface area contributed by atoms with Gasteiger partial charge in [-0.15, -0.1) is 0 Å². The van der Waals surface area contributed by atoms with Crippen molar-refractivity contribution in [2.75, 3.05) is 20.1 Å². The van der Waals surface area contributed by atoms with Crippen LogP contribution in [0.5, 0.6) is 0 Å². The third kappa shape index (κ3) is 5.73. The highest BCUT2D eigenvalue weighted by Crippen LogP contribution is 2.26. The van der Waals surface area contributed by atoms with Gasteiger partial charge in [0.25, 0.3) is 0 Å². The lowest BCUT2D eigenvalue weighted by atomic mass is 9.85. The molecule has 3 N–H and O–H groups in total. The van der Waals surface area contributed by atoms with Crippen molar-refractivity contribution in [1.29, 1.82) is 0 Å². The number of benzene rings is 1. The van der Waals surface area contributed by atoms with Crippen LogP contribution in [-0.2, 0) is 4.79 Å². The molecule has 1 aliphatic rings. The first-order valence-corrected chi connectivity index (χ1v) is 9.02. The van der Waals surface area contributed by atoms with E-state index in [0.717, 1.165) is 24.8 Å². The SMILES string of the molecule is CN=C(NCCCNC(=O)C1CCC1)NC(C)c1ccc(C)c(F)c1. The van der Waals surface area contributed by atoms with E-state index >= 15 is 0 Å². The summed E-state index contributed by atoms with van der Waals surface area (Å²) in [6.45, 7) is 5.09. The van der Waals surface area contributed by atoms with Gasteiger partial charge in [-0.25, -0.2) is 4.39 Å². The Labute approximate surface area is 149 Å². The third-order valence-electron chi connectivity index (χ3n) is 4.69. The smallest absolute Gasteiger partial charge is 0.223 e. The molecule has 0 spiro atoms. The first-order chi connectivity index (χ1) is 12.0. The number of guanidine groups is 1. The number of amides is 1. The van der Waals surface area contributed by atoms with Crippen LogP contribution in [0.25, 0.3) is 0 Å². The lowest BCUT2D eigenvalue weighted by Crippen LogP contribution is -2.40. The van der Waals surface area contributed by atoms with Crippen molar-refractivity contribution in [1.82, 2.24) is 16.0 Å². The minimum atomic E-state index is -0.198. The van der Waals surface area contributed by atoms with Crippen LogP contribution in [-0.4, -0.2) is 32.0 Å². The molecule has 0 radical (unpaired) electrons. The van der Waals surface area contributed by atoms with Gasteiger partial charge in [-0.05, 0) is 50.3 Å². The minimum Gasteiger partial charge on any atom is -0.356 e. The second-order valence-electron chi connectivity index (χ2n) is 6.65. The van der Waals surface area contributed by atoms with E-state index in [4.69, 9.17) is 0 Å². The van der Waals surface area contributed by atoms with Crippen LogP contribution in [0, 0.1) is 18.7 Å². The summed E-state index contributed by atoms with van der Waals surface area (Å²) in [4.78, 5) is 15.9. The fourth-order valence-electron chi connectivity index (χ4n) is 2.68. The van der Waals surface area contributed by atoms with Crippen LogP contribution in [0.1, 0.15) is 49.8 Å². The summed E-state index contributed by atoms with van der Waals surface area (Å²) in [6.07, 6.45) is 4.05. The third-order valence-corrected chi connectivity index (χ3v) is 4.69. The van der Waals surface area contributed by atoms with Crippen molar-refractivity contribution in [3.63, 3.8) is 0 Å². The van der Waals surface area contributed by atoms with Crippen molar-refractivity contribution < 1.29 is 9.18 Å². The van der Waals surface area contributed by atoms with Gasteiger partial charge in [-0.3, -0.25) is 9.79 Å². The van der Waals surface area contributed by atoms with E-state index in [1.165, 1.54) is 6.42 Å². The molecular formula is C19H29FN4O. The second-order valence-corrected chi connectivity index (χ2v) is 6.65. The summed E-state index contributed by atoms with van der Waals surface area (Å²) in [7, 11) is 1.70. The molecule has 0 heterocycles. The fourth-order valence-corrected chi connectivity index (χ4v) is 2.68. The quantitative estimate of drug-likeness (QED) is 0.403. The number of nitrogens with one attached hydrogen (secondary N) is 3. The zero-order valence-electron chi connectivity index (χ0n) is 15.4. The van der Waals surface area contributed by atoms with Crippen LogP contribution in [0.2, 0.25) is 0 Å². The number of halogens is 1. The molecule has 1 unspecified atom stereocenters. The molecule has 25 heavy (non-hydrogen) atoms. The van der Waals surface area contributed by atoms with Gasteiger partial charge in [-0.1, -0.05) is 18.6 Å². The minimum absolute atomic E-state index is 0.0559. The Balaban J connectivity index is 1.69. The summed E-state index contributed by atoms with van der Waals surface area (Å²) in [5, 5.41) is 9.45. The van der Waals surface area contributed by atoms with Crippen LogP contribution in [0.4, 0.5) is 4.39 Å². The standard InChI is InChI=1S/C19H29FN4O/c1-13-8-9-16(12-17(13)20)14(2)24-19(21-3)23-11-5-10-22-18(25)15-6-4-7-15/h8-9,12,14-15H,4-7,10-11H2,1-3H3,(H,22,25)(H2,21,23,24). The van der Waals surface area contributed by atoms with E-state index in [9.17, 15) is 9.18 Å². The maximum absolute atomic E-state index is 13.7. The van der Waals surface area contributed by atoms with Gasteiger partial charge in [0.15, 0.2) is 5.96 Å². The molecule has 6 heteroatoms. The lowest BCUT2D eigenvalue weighted by molar-refractivity contribution is -0.127. The molecule has 0 aromatic heterocycles. The normalized spacial score (nSPS) is 16.1. The summed E-state index contributed by atoms with van der Waals surface area (Å²) >= 11 is 0. The van der Waals surface area contributed by atoms with Crippen molar-refractivity contribution >= 4 is 11.9 Å². The van der Waals surface area contributed by atoms with Crippen molar-refractivity contribution in [3.05, 3.63) is 35.1 Å². The molecule has 0 aliphatic heterocycles. The second kappa shape index (κ2) is 9.39. The summed E-state index contributed by atoms with van der Waals surface area (Å²) in [6, 6.07) is 5.19. The van der Waals surface area contributed by atoms with E-state index in [2.05, 4.69) is 20.9 Å². The molecule has 1 atom stereocenters. The first kappa shape index (κ1) is 19.2. The molecule has 5 nitrogen and oxygen atoms in total. The first-order valence-electron chi connectivity index (χ1n) is 9.02. The predicted octanol–water partition coefficient (Wildman–Crippen LogP) is 2.67. The number of carbonyl (C=O) groups excluding carboxylic acids is 1. The Morgan fingerprint density at radius 3 is 2.64 bits per heavy atom. The molecule has 2 rings (SSSR count). The maximum atomic E-state index is 13.7. The summed E-state index contributed by atoms with van der Waals surface area (Å²) < 4.78 is 13.7. The molecule has 1 aliphatic carbocycles. The summed E-state index contributed by atoms with van der Waals surface area (Å²) in [5.41, 5.74) is 1.52. The number of rotatable bonds is 7. The zero-order valence-corrected chi connectivity index (χ0v) is 15.4. The number of nitrogens with zero attached hydrogens (tertiary/aromatic N) is 1. The van der Waals surface area contributed by atoms with Gasteiger partial charge in [-0.2, -0.15) is 0 Å². The average Bonchev–Trinajstić information content (AvgIpc) is 2.54. The van der Waals surface area contributed by atoms with Gasteiger partial charge in [0.1, 0.15) is 5.82 Å². The van der Waals surface area contributed by atoms with Crippen molar-refractivity contribution in [2.24, 2.45) is 10.9 Å². The largest absolute Gasteiger partial charge is 0.356 e. The van der Waals surface area contributed by atoms with E-state index < -0.39 is 0 Å². The van der Waals surface area contributed by atoms with Gasteiger partial charge in [0.2, 0.25) is 5.91 Å². The average molecular weight is 348 g/mol. The Morgan fingerprint density at radius 1 is 1.32 bits per heavy atom. The van der Waals surface area contributed by atoms with Gasteiger partial charge in [0.05, 0.1) is 6.04 Å². The molecule has 1 aromatic carbocycles. The number of aliphatic imine (C=N–C) groups is 1. The van der Waals surface area contributed by atoms with Crippen LogP contribution in [0.15, 0.2) is 23.2 Å². The van der Waals surface area contributed by atoms with Crippen molar-refractivity contribution in [2.45, 2.75) is 45.6 Å². The van der Waals surface area contributed by atoms with Gasteiger partial charge < -0.3 is 16.0 Å². The van der Waals surface area contributed by atoms with E-state index in [0.29, 0.717) is 24.6 Å². The Bertz CT molecular complexity index is 613. The molecule has 1 saturated carbocycles. The molecule has 138 valence electrons. The predicted molar refractivity (Wildman–Crippen MR) is 99.0 cm³/mol. The highest BCUT2D eigenvalue weighted by Gasteiger charge is 2.24. The van der Waals surface area contributed by atoms with Crippen LogP contribution >= 0.6 is 0 Å².